The fourth-order valence-corrected chi connectivity index (χ4v) is 2.14. The minimum atomic E-state index is 0.0440. The summed E-state index contributed by atoms with van der Waals surface area (Å²) >= 11 is 0. The SMILES string of the molecule is CCNc1cccc(N(Cc2ccccc2)C(C)=O)c1. The van der Waals surface area contributed by atoms with Gasteiger partial charge in [0.1, 0.15) is 0 Å². The van der Waals surface area contributed by atoms with Gasteiger partial charge < -0.3 is 10.2 Å². The molecule has 0 saturated carbocycles. The number of anilines is 2. The molecule has 0 spiro atoms. The molecule has 0 bridgehead atoms. The van der Waals surface area contributed by atoms with Gasteiger partial charge in [-0.15, -0.1) is 0 Å². The van der Waals surface area contributed by atoms with Crippen molar-refractivity contribution in [3.63, 3.8) is 0 Å². The first-order valence-corrected chi connectivity index (χ1v) is 6.86. The minimum absolute atomic E-state index is 0.0440. The summed E-state index contributed by atoms with van der Waals surface area (Å²) in [6.07, 6.45) is 0. The van der Waals surface area contributed by atoms with Gasteiger partial charge in [0.05, 0.1) is 6.54 Å². The summed E-state index contributed by atoms with van der Waals surface area (Å²) in [4.78, 5) is 13.7. The lowest BCUT2D eigenvalue weighted by molar-refractivity contribution is -0.116. The van der Waals surface area contributed by atoms with E-state index in [9.17, 15) is 4.79 Å². The summed E-state index contributed by atoms with van der Waals surface area (Å²) in [5.74, 6) is 0.0440. The van der Waals surface area contributed by atoms with Gasteiger partial charge in [-0.05, 0) is 30.7 Å². The number of hydrogen-bond donors (Lipinski definition) is 1. The van der Waals surface area contributed by atoms with Gasteiger partial charge in [0, 0.05) is 24.8 Å². The predicted octanol–water partition coefficient (Wildman–Crippen LogP) is 3.67. The molecule has 0 aromatic heterocycles. The molecule has 2 rings (SSSR count). The number of nitrogens with one attached hydrogen (secondary N) is 1. The van der Waals surface area contributed by atoms with Crippen LogP contribution in [0.1, 0.15) is 19.4 Å². The van der Waals surface area contributed by atoms with Gasteiger partial charge in [-0.3, -0.25) is 4.79 Å². The summed E-state index contributed by atoms with van der Waals surface area (Å²) in [5, 5.41) is 3.27. The van der Waals surface area contributed by atoms with Crippen molar-refractivity contribution in [2.75, 3.05) is 16.8 Å². The molecule has 20 heavy (non-hydrogen) atoms. The van der Waals surface area contributed by atoms with Crippen LogP contribution < -0.4 is 10.2 Å². The third kappa shape index (κ3) is 3.60. The Bertz CT molecular complexity index is 566. The molecular formula is C17H20N2O. The smallest absolute Gasteiger partial charge is 0.224 e. The maximum atomic E-state index is 11.9. The third-order valence-electron chi connectivity index (χ3n) is 3.10. The van der Waals surface area contributed by atoms with Crippen molar-refractivity contribution in [3.05, 3.63) is 60.2 Å². The Morgan fingerprint density at radius 1 is 1.10 bits per heavy atom. The second-order valence-corrected chi connectivity index (χ2v) is 4.67. The summed E-state index contributed by atoms with van der Waals surface area (Å²) in [6, 6.07) is 18.0. The van der Waals surface area contributed by atoms with E-state index in [0.717, 1.165) is 23.5 Å². The molecule has 1 N–H and O–H groups in total. The Hall–Kier alpha value is -2.29. The lowest BCUT2D eigenvalue weighted by Gasteiger charge is -2.22. The lowest BCUT2D eigenvalue weighted by atomic mass is 10.2. The monoisotopic (exact) mass is 268 g/mol. The van der Waals surface area contributed by atoms with E-state index in [4.69, 9.17) is 0 Å². The highest BCUT2D eigenvalue weighted by Gasteiger charge is 2.12. The molecule has 2 aromatic rings. The van der Waals surface area contributed by atoms with Gasteiger partial charge in [-0.25, -0.2) is 0 Å². The highest BCUT2D eigenvalue weighted by Crippen LogP contribution is 2.21. The van der Waals surface area contributed by atoms with Crippen molar-refractivity contribution in [2.45, 2.75) is 20.4 Å². The van der Waals surface area contributed by atoms with Crippen molar-refractivity contribution in [1.82, 2.24) is 0 Å². The van der Waals surface area contributed by atoms with Crippen molar-refractivity contribution in [3.8, 4) is 0 Å². The molecule has 0 aliphatic carbocycles. The van der Waals surface area contributed by atoms with Gasteiger partial charge in [0.15, 0.2) is 0 Å². The van der Waals surface area contributed by atoms with Crippen LogP contribution in [0.2, 0.25) is 0 Å². The van der Waals surface area contributed by atoms with E-state index in [1.165, 1.54) is 0 Å². The molecule has 0 unspecified atom stereocenters. The molecule has 0 aliphatic rings. The molecule has 0 atom stereocenters. The average molecular weight is 268 g/mol. The fraction of sp³-hybridized carbons (Fsp3) is 0.235. The largest absolute Gasteiger partial charge is 0.385 e. The summed E-state index contributed by atoms with van der Waals surface area (Å²) in [5.41, 5.74) is 3.07. The topological polar surface area (TPSA) is 32.3 Å². The standard InChI is InChI=1S/C17H20N2O/c1-3-18-16-10-7-11-17(12-16)19(14(2)20)13-15-8-5-4-6-9-15/h4-12,18H,3,13H2,1-2H3. The molecule has 104 valence electrons. The van der Waals surface area contributed by atoms with E-state index in [-0.39, 0.29) is 5.91 Å². The Balaban J connectivity index is 2.24. The van der Waals surface area contributed by atoms with E-state index in [2.05, 4.69) is 12.2 Å². The summed E-state index contributed by atoms with van der Waals surface area (Å²) < 4.78 is 0. The Kier molecular flexibility index (Phi) is 4.77. The van der Waals surface area contributed by atoms with E-state index in [1.54, 1.807) is 11.8 Å². The van der Waals surface area contributed by atoms with E-state index in [0.29, 0.717) is 6.54 Å². The zero-order chi connectivity index (χ0) is 14.4. The number of carbonyl (C=O) groups excluding carboxylic acids is 1. The fourth-order valence-electron chi connectivity index (χ4n) is 2.14. The van der Waals surface area contributed by atoms with E-state index in [1.807, 2.05) is 54.6 Å². The van der Waals surface area contributed by atoms with Gasteiger partial charge in [0.2, 0.25) is 5.91 Å². The van der Waals surface area contributed by atoms with Crippen LogP contribution in [0.3, 0.4) is 0 Å². The molecular weight excluding hydrogens is 248 g/mol. The number of hydrogen-bond acceptors (Lipinski definition) is 2. The number of nitrogens with zero attached hydrogens (tertiary/aromatic N) is 1. The van der Waals surface area contributed by atoms with Crippen LogP contribution >= 0.6 is 0 Å². The van der Waals surface area contributed by atoms with Crippen LogP contribution in [0.25, 0.3) is 0 Å². The molecule has 3 heteroatoms. The first-order chi connectivity index (χ1) is 9.70. The number of carbonyl (C=O) groups is 1. The maximum absolute atomic E-state index is 11.9. The van der Waals surface area contributed by atoms with Gasteiger partial charge in [-0.2, -0.15) is 0 Å². The van der Waals surface area contributed by atoms with Crippen molar-refractivity contribution >= 4 is 17.3 Å². The molecule has 0 radical (unpaired) electrons. The lowest BCUT2D eigenvalue weighted by Crippen LogP contribution is -2.27. The zero-order valence-electron chi connectivity index (χ0n) is 12.0. The first kappa shape index (κ1) is 14.1. The van der Waals surface area contributed by atoms with Crippen LogP contribution in [0, 0.1) is 0 Å². The first-order valence-electron chi connectivity index (χ1n) is 6.86. The van der Waals surface area contributed by atoms with Crippen molar-refractivity contribution in [2.24, 2.45) is 0 Å². The molecule has 1 amide bonds. The quantitative estimate of drug-likeness (QED) is 0.897. The molecule has 2 aromatic carbocycles. The van der Waals surface area contributed by atoms with Crippen LogP contribution in [0.4, 0.5) is 11.4 Å². The highest BCUT2D eigenvalue weighted by molar-refractivity contribution is 5.91. The summed E-state index contributed by atoms with van der Waals surface area (Å²) in [7, 11) is 0. The highest BCUT2D eigenvalue weighted by atomic mass is 16.2. The number of rotatable bonds is 5. The van der Waals surface area contributed by atoms with E-state index >= 15 is 0 Å². The Morgan fingerprint density at radius 2 is 1.85 bits per heavy atom. The molecule has 0 aliphatic heterocycles. The van der Waals surface area contributed by atoms with Gasteiger partial charge in [0.25, 0.3) is 0 Å². The number of benzene rings is 2. The molecule has 0 heterocycles. The Labute approximate surface area is 120 Å². The van der Waals surface area contributed by atoms with Crippen LogP contribution in [0.5, 0.6) is 0 Å². The molecule has 3 nitrogen and oxygen atoms in total. The zero-order valence-corrected chi connectivity index (χ0v) is 12.0. The normalized spacial score (nSPS) is 10.1. The number of amides is 1. The van der Waals surface area contributed by atoms with Crippen LogP contribution in [0.15, 0.2) is 54.6 Å². The van der Waals surface area contributed by atoms with Crippen molar-refractivity contribution in [1.29, 1.82) is 0 Å². The second kappa shape index (κ2) is 6.75. The maximum Gasteiger partial charge on any atom is 0.224 e. The van der Waals surface area contributed by atoms with Gasteiger partial charge in [-0.1, -0.05) is 36.4 Å². The molecule has 0 fully saturated rings. The summed E-state index contributed by atoms with van der Waals surface area (Å²) in [6.45, 7) is 5.11. The van der Waals surface area contributed by atoms with Crippen molar-refractivity contribution < 1.29 is 4.79 Å². The van der Waals surface area contributed by atoms with Gasteiger partial charge >= 0.3 is 0 Å². The van der Waals surface area contributed by atoms with Crippen LogP contribution in [-0.4, -0.2) is 12.5 Å². The predicted molar refractivity (Wildman–Crippen MR) is 83.9 cm³/mol. The third-order valence-corrected chi connectivity index (χ3v) is 3.10. The minimum Gasteiger partial charge on any atom is -0.385 e. The van der Waals surface area contributed by atoms with E-state index < -0.39 is 0 Å². The average Bonchev–Trinajstić information content (AvgIpc) is 2.46. The molecule has 0 saturated heterocycles. The second-order valence-electron chi connectivity index (χ2n) is 4.67. The van der Waals surface area contributed by atoms with Crippen LogP contribution in [-0.2, 0) is 11.3 Å². The Morgan fingerprint density at radius 3 is 2.50 bits per heavy atom.